The fourth-order valence-electron chi connectivity index (χ4n) is 0.810. The third kappa shape index (κ3) is 5.39. The molecule has 1 nitrogen and oxygen atoms in total. The van der Waals surface area contributed by atoms with Crippen LogP contribution >= 0.6 is 11.6 Å². The average molecular weight is 233 g/mol. The molecule has 1 heterocycles. The van der Waals surface area contributed by atoms with E-state index in [9.17, 15) is 12.9 Å². The third-order valence-electron chi connectivity index (χ3n) is 1.30. The minimum absolute atomic E-state index is 0. The van der Waals surface area contributed by atoms with E-state index in [-0.39, 0.29) is 62.0 Å². The Morgan fingerprint density at radius 1 is 1.38 bits per heavy atom. The molecule has 0 unspecified atom stereocenters. The summed E-state index contributed by atoms with van der Waals surface area (Å²) in [6.07, 6.45) is 1.53. The molecule has 1 rings (SSSR count). The van der Waals surface area contributed by atoms with Crippen molar-refractivity contribution >= 4 is 18.6 Å². The Balaban J connectivity index is 0.00000144. The van der Waals surface area contributed by atoms with E-state index in [1.165, 1.54) is 12.3 Å². The van der Waals surface area contributed by atoms with Crippen LogP contribution in [0.5, 0.6) is 0 Å². The van der Waals surface area contributed by atoms with Gasteiger partial charge < -0.3 is 12.9 Å². The van der Waals surface area contributed by atoms with Crippen LogP contribution in [0.15, 0.2) is 18.5 Å². The molecule has 0 saturated heterocycles. The Hall–Kier alpha value is 0.931. The summed E-state index contributed by atoms with van der Waals surface area (Å²) in [7, 11) is 0. The van der Waals surface area contributed by atoms with E-state index < -0.39 is 13.3 Å². The second kappa shape index (κ2) is 5.73. The van der Waals surface area contributed by atoms with Crippen molar-refractivity contribution in [2.75, 3.05) is 0 Å². The summed E-state index contributed by atoms with van der Waals surface area (Å²) in [5.41, 5.74) is 0.0340. The maximum Gasteiger partial charge on any atom is 1.00 e. The molecule has 0 spiro atoms. The average Bonchev–Trinajstić information content (AvgIpc) is 1.91. The van der Waals surface area contributed by atoms with Gasteiger partial charge in [0.1, 0.15) is 0 Å². The van der Waals surface area contributed by atoms with Gasteiger partial charge in [0.15, 0.2) is 0 Å². The van der Waals surface area contributed by atoms with Crippen LogP contribution < -0.4 is 51.4 Å². The van der Waals surface area contributed by atoms with Crippen LogP contribution in [0.2, 0.25) is 5.02 Å². The molecule has 13 heavy (non-hydrogen) atoms. The topological polar surface area (TPSA) is 12.9 Å². The molecule has 0 aromatic carbocycles. The third-order valence-corrected chi connectivity index (χ3v) is 1.66. The second-order valence-electron chi connectivity index (χ2n) is 2.38. The van der Waals surface area contributed by atoms with E-state index in [4.69, 9.17) is 11.6 Å². The molecule has 0 N–H and O–H groups in total. The molecular formula is C6H5BClF3KN. The minimum atomic E-state index is -4.83. The summed E-state index contributed by atoms with van der Waals surface area (Å²) in [5, 5.41) is 0.115. The van der Waals surface area contributed by atoms with Gasteiger partial charge in [-0.15, -0.1) is 0 Å². The number of halogens is 4. The zero-order valence-electron chi connectivity index (χ0n) is 6.98. The van der Waals surface area contributed by atoms with Crippen molar-refractivity contribution in [3.63, 3.8) is 0 Å². The maximum atomic E-state index is 11.9. The predicted molar refractivity (Wildman–Crippen MR) is 42.0 cm³/mol. The van der Waals surface area contributed by atoms with Crippen molar-refractivity contribution in [3.05, 3.63) is 29.0 Å². The summed E-state index contributed by atoms with van der Waals surface area (Å²) < 4.78 is 35.7. The van der Waals surface area contributed by atoms with Crippen LogP contribution in [0, 0.1) is 0 Å². The summed E-state index contributed by atoms with van der Waals surface area (Å²) in [4.78, 5) is 3.56. The van der Waals surface area contributed by atoms with Crippen LogP contribution in [0.25, 0.3) is 0 Å². The molecule has 0 fully saturated rings. The van der Waals surface area contributed by atoms with Gasteiger partial charge >= 0.3 is 58.4 Å². The standard InChI is InChI=1S/C6H5BClF3N.K/c8-6-1-2-12-4-5(6)3-7(9,10)11;/h1-2,4H,3H2;/q-1;+1. The van der Waals surface area contributed by atoms with Gasteiger partial charge in [0.2, 0.25) is 0 Å². The van der Waals surface area contributed by atoms with Crippen LogP contribution in [0.1, 0.15) is 5.56 Å². The number of pyridine rings is 1. The Kier molecular flexibility index (Phi) is 6.14. The van der Waals surface area contributed by atoms with Gasteiger partial charge in [0.25, 0.3) is 0 Å². The Labute approximate surface area is 122 Å². The quantitative estimate of drug-likeness (QED) is 0.638. The van der Waals surface area contributed by atoms with Crippen molar-refractivity contribution in [2.24, 2.45) is 0 Å². The largest absolute Gasteiger partial charge is 1.00 e. The van der Waals surface area contributed by atoms with Crippen molar-refractivity contribution in [1.82, 2.24) is 4.98 Å². The van der Waals surface area contributed by atoms with Gasteiger partial charge in [-0.3, -0.25) is 4.98 Å². The molecule has 1 aromatic rings. The van der Waals surface area contributed by atoms with E-state index >= 15 is 0 Å². The fraction of sp³-hybridized carbons (Fsp3) is 0.167. The predicted octanol–water partition coefficient (Wildman–Crippen LogP) is -0.332. The SMILES string of the molecule is F[B-](F)(F)Cc1cnccc1Cl.[K+]. The van der Waals surface area contributed by atoms with Gasteiger partial charge in [-0.2, -0.15) is 0 Å². The maximum absolute atomic E-state index is 11.9. The molecule has 7 heteroatoms. The summed E-state index contributed by atoms with van der Waals surface area (Å²) >= 11 is 5.50. The number of nitrogens with zero attached hydrogens (tertiary/aromatic N) is 1. The minimum Gasteiger partial charge on any atom is -0.449 e. The monoisotopic (exact) mass is 233 g/mol. The van der Waals surface area contributed by atoms with Gasteiger partial charge in [-0.25, -0.2) is 0 Å². The molecule has 0 bridgehead atoms. The molecule has 1 aromatic heterocycles. The molecule has 0 aliphatic rings. The molecule has 0 atom stereocenters. The van der Waals surface area contributed by atoms with Crippen LogP contribution in [0.4, 0.5) is 12.9 Å². The molecular weight excluding hydrogens is 228 g/mol. The molecule has 0 aliphatic carbocycles. The molecule has 0 saturated carbocycles. The number of hydrogen-bond acceptors (Lipinski definition) is 1. The van der Waals surface area contributed by atoms with Crippen LogP contribution in [-0.4, -0.2) is 12.0 Å². The number of aromatic nitrogens is 1. The zero-order chi connectivity index (χ0) is 9.19. The Morgan fingerprint density at radius 3 is 2.46 bits per heavy atom. The van der Waals surface area contributed by atoms with Crippen molar-refractivity contribution < 1.29 is 64.3 Å². The van der Waals surface area contributed by atoms with Crippen LogP contribution in [-0.2, 0) is 6.32 Å². The molecule has 0 aliphatic heterocycles. The van der Waals surface area contributed by atoms with Crippen molar-refractivity contribution in [3.8, 4) is 0 Å². The van der Waals surface area contributed by atoms with E-state index in [0.29, 0.717) is 0 Å². The van der Waals surface area contributed by atoms with Crippen molar-refractivity contribution in [1.29, 1.82) is 0 Å². The first-order valence-electron chi connectivity index (χ1n) is 3.28. The fourth-order valence-corrected chi connectivity index (χ4v) is 0.992. The van der Waals surface area contributed by atoms with E-state index in [1.54, 1.807) is 0 Å². The summed E-state index contributed by atoms with van der Waals surface area (Å²) in [5.74, 6) is 0. The summed E-state index contributed by atoms with van der Waals surface area (Å²) in [6.45, 7) is -4.83. The zero-order valence-corrected chi connectivity index (χ0v) is 10.9. The van der Waals surface area contributed by atoms with E-state index in [0.717, 1.165) is 6.20 Å². The van der Waals surface area contributed by atoms with E-state index in [2.05, 4.69) is 4.98 Å². The molecule has 0 radical (unpaired) electrons. The molecule has 0 amide bonds. The first-order chi connectivity index (χ1) is 5.49. The van der Waals surface area contributed by atoms with Gasteiger partial charge in [0, 0.05) is 17.4 Å². The van der Waals surface area contributed by atoms with Gasteiger partial charge in [-0.1, -0.05) is 17.9 Å². The number of hydrogen-bond donors (Lipinski definition) is 0. The van der Waals surface area contributed by atoms with Gasteiger partial charge in [-0.05, 0) is 11.6 Å². The van der Waals surface area contributed by atoms with E-state index in [1.807, 2.05) is 0 Å². The Bertz CT molecular complexity index is 281. The summed E-state index contributed by atoms with van der Waals surface area (Å²) in [6, 6.07) is 1.35. The van der Waals surface area contributed by atoms with Crippen molar-refractivity contribution in [2.45, 2.75) is 6.32 Å². The number of rotatable bonds is 2. The smallest absolute Gasteiger partial charge is 0.449 e. The Morgan fingerprint density at radius 2 is 2.00 bits per heavy atom. The first kappa shape index (κ1) is 13.9. The first-order valence-corrected chi connectivity index (χ1v) is 3.66. The molecule has 66 valence electrons. The normalized spacial score (nSPS) is 10.8. The van der Waals surface area contributed by atoms with Gasteiger partial charge in [0.05, 0.1) is 0 Å². The second-order valence-corrected chi connectivity index (χ2v) is 2.79. The van der Waals surface area contributed by atoms with Crippen LogP contribution in [0.3, 0.4) is 0 Å².